The Bertz CT molecular complexity index is 511. The molecule has 0 aliphatic heterocycles. The van der Waals surface area contributed by atoms with E-state index < -0.39 is 5.97 Å². The van der Waals surface area contributed by atoms with Crippen molar-refractivity contribution in [3.8, 4) is 0 Å². The molecule has 1 aromatic rings. The maximum Gasteiger partial charge on any atom is 0.306 e. The molecule has 3 unspecified atom stereocenters. The molecule has 0 radical (unpaired) electrons. The molecule has 1 aromatic carbocycles. The Hall–Kier alpha value is -1.31. The number of hydrogen-bond donors (Lipinski definition) is 1. The highest BCUT2D eigenvalue weighted by molar-refractivity contribution is 5.73. The van der Waals surface area contributed by atoms with Gasteiger partial charge >= 0.3 is 5.97 Å². The number of carboxylic acid groups (broad SMARTS) is 1. The van der Waals surface area contributed by atoms with E-state index in [0.717, 1.165) is 12.8 Å². The van der Waals surface area contributed by atoms with Gasteiger partial charge in [0.25, 0.3) is 0 Å². The third kappa shape index (κ3) is 3.23. The molecule has 1 aliphatic carbocycles. The second-order valence-corrected chi connectivity index (χ2v) is 7.40. The van der Waals surface area contributed by atoms with Crippen LogP contribution in [0, 0.1) is 18.8 Å². The van der Waals surface area contributed by atoms with Crippen LogP contribution in [0.3, 0.4) is 0 Å². The molecule has 1 saturated carbocycles. The summed E-state index contributed by atoms with van der Waals surface area (Å²) in [4.78, 5) is 10.9. The zero-order valence-electron chi connectivity index (χ0n) is 13.2. The van der Waals surface area contributed by atoms with Crippen molar-refractivity contribution in [2.24, 2.45) is 11.8 Å². The Balaban J connectivity index is 2.13. The van der Waals surface area contributed by atoms with Crippen LogP contribution in [0.5, 0.6) is 0 Å². The third-order valence-electron chi connectivity index (χ3n) is 4.57. The lowest BCUT2D eigenvalue weighted by Crippen LogP contribution is -2.12. The van der Waals surface area contributed by atoms with Gasteiger partial charge in [-0.15, -0.1) is 0 Å². The molecule has 0 saturated heterocycles. The number of carbonyl (C=O) groups is 1. The van der Waals surface area contributed by atoms with E-state index in [-0.39, 0.29) is 11.3 Å². The fraction of sp³-hybridized carbons (Fsp3) is 0.611. The van der Waals surface area contributed by atoms with Gasteiger partial charge in [0.15, 0.2) is 0 Å². The second-order valence-electron chi connectivity index (χ2n) is 7.40. The van der Waals surface area contributed by atoms with Gasteiger partial charge in [0, 0.05) is 0 Å². The maximum absolute atomic E-state index is 10.9. The Morgan fingerprint density at radius 2 is 2.05 bits per heavy atom. The molecule has 0 spiro atoms. The molecule has 2 rings (SSSR count). The summed E-state index contributed by atoms with van der Waals surface area (Å²) in [7, 11) is 0. The first-order chi connectivity index (χ1) is 9.20. The zero-order chi connectivity index (χ0) is 15.1. The van der Waals surface area contributed by atoms with Crippen LogP contribution in [-0.4, -0.2) is 11.1 Å². The first kappa shape index (κ1) is 15.1. The number of benzene rings is 1. The predicted molar refractivity (Wildman–Crippen MR) is 82.1 cm³/mol. The normalized spacial score (nSPS) is 23.4. The van der Waals surface area contributed by atoms with Gasteiger partial charge in [0.2, 0.25) is 0 Å². The average Bonchev–Trinajstić information content (AvgIpc) is 3.07. The smallest absolute Gasteiger partial charge is 0.306 e. The van der Waals surface area contributed by atoms with Crippen LogP contribution in [0.25, 0.3) is 0 Å². The lowest BCUT2D eigenvalue weighted by Gasteiger charge is -2.23. The molecule has 2 heteroatoms. The topological polar surface area (TPSA) is 37.3 Å². The van der Waals surface area contributed by atoms with Crippen LogP contribution in [0.4, 0.5) is 0 Å². The van der Waals surface area contributed by atoms with Crippen molar-refractivity contribution in [3.63, 3.8) is 0 Å². The highest BCUT2D eigenvalue weighted by Crippen LogP contribution is 2.45. The summed E-state index contributed by atoms with van der Waals surface area (Å²) in [6.07, 6.45) is 1.85. The van der Waals surface area contributed by atoms with Crippen molar-refractivity contribution < 1.29 is 9.90 Å². The molecular formula is C18H26O2. The van der Waals surface area contributed by atoms with Crippen molar-refractivity contribution in [2.75, 3.05) is 0 Å². The van der Waals surface area contributed by atoms with E-state index in [0.29, 0.717) is 11.8 Å². The lowest BCUT2D eigenvalue weighted by atomic mass is 9.82. The maximum atomic E-state index is 10.9. The monoisotopic (exact) mass is 274 g/mol. The van der Waals surface area contributed by atoms with Crippen molar-refractivity contribution in [1.29, 1.82) is 0 Å². The number of rotatable bonds is 4. The summed E-state index contributed by atoms with van der Waals surface area (Å²) in [6, 6.07) is 6.73. The summed E-state index contributed by atoms with van der Waals surface area (Å²) < 4.78 is 0. The quantitative estimate of drug-likeness (QED) is 0.877. The van der Waals surface area contributed by atoms with Crippen LogP contribution < -0.4 is 0 Å². The number of aryl methyl sites for hydroxylation is 1. The Kier molecular flexibility index (Phi) is 3.95. The van der Waals surface area contributed by atoms with Gasteiger partial charge < -0.3 is 5.11 Å². The fourth-order valence-corrected chi connectivity index (χ4v) is 3.03. The van der Waals surface area contributed by atoms with Gasteiger partial charge in [-0.05, 0) is 53.7 Å². The van der Waals surface area contributed by atoms with E-state index in [1.165, 1.54) is 16.7 Å². The van der Waals surface area contributed by atoms with Gasteiger partial charge in [0.1, 0.15) is 0 Å². The molecular weight excluding hydrogens is 248 g/mol. The lowest BCUT2D eigenvalue weighted by molar-refractivity contribution is -0.138. The van der Waals surface area contributed by atoms with Gasteiger partial charge in [-0.25, -0.2) is 0 Å². The van der Waals surface area contributed by atoms with Crippen LogP contribution in [0.15, 0.2) is 18.2 Å². The SMILES string of the molecule is Cc1ccc(C(C)(C)C)cc1C(C)CC1CC1C(=O)O. The summed E-state index contributed by atoms with van der Waals surface area (Å²) in [5.41, 5.74) is 4.22. The summed E-state index contributed by atoms with van der Waals surface area (Å²) in [5.74, 6) is 0.0951. The Labute approximate surface area is 122 Å². The molecule has 3 atom stereocenters. The second kappa shape index (κ2) is 5.23. The molecule has 1 aliphatic rings. The zero-order valence-corrected chi connectivity index (χ0v) is 13.2. The minimum Gasteiger partial charge on any atom is -0.481 e. The van der Waals surface area contributed by atoms with Crippen molar-refractivity contribution >= 4 is 5.97 Å². The molecule has 2 nitrogen and oxygen atoms in total. The third-order valence-corrected chi connectivity index (χ3v) is 4.57. The van der Waals surface area contributed by atoms with E-state index in [2.05, 4.69) is 52.8 Å². The largest absolute Gasteiger partial charge is 0.481 e. The van der Waals surface area contributed by atoms with E-state index in [1.54, 1.807) is 0 Å². The molecule has 0 heterocycles. The van der Waals surface area contributed by atoms with Gasteiger partial charge in [-0.3, -0.25) is 4.79 Å². The molecule has 1 fully saturated rings. The average molecular weight is 274 g/mol. The highest BCUT2D eigenvalue weighted by atomic mass is 16.4. The minimum atomic E-state index is -0.623. The highest BCUT2D eigenvalue weighted by Gasteiger charge is 2.43. The van der Waals surface area contributed by atoms with Crippen molar-refractivity contribution in [2.45, 2.75) is 58.8 Å². The fourth-order valence-electron chi connectivity index (χ4n) is 3.03. The van der Waals surface area contributed by atoms with E-state index in [9.17, 15) is 4.79 Å². The van der Waals surface area contributed by atoms with Gasteiger partial charge in [0.05, 0.1) is 5.92 Å². The van der Waals surface area contributed by atoms with E-state index >= 15 is 0 Å². The summed E-state index contributed by atoms with van der Waals surface area (Å²) >= 11 is 0. The Morgan fingerprint density at radius 3 is 2.55 bits per heavy atom. The Morgan fingerprint density at radius 1 is 1.40 bits per heavy atom. The van der Waals surface area contributed by atoms with Crippen molar-refractivity contribution in [1.82, 2.24) is 0 Å². The number of hydrogen-bond acceptors (Lipinski definition) is 1. The van der Waals surface area contributed by atoms with Crippen LogP contribution in [-0.2, 0) is 10.2 Å². The first-order valence-corrected chi connectivity index (χ1v) is 7.54. The molecule has 0 aromatic heterocycles. The number of aliphatic carboxylic acids is 1. The van der Waals surface area contributed by atoms with Gasteiger partial charge in [-0.1, -0.05) is 45.9 Å². The summed E-state index contributed by atoms with van der Waals surface area (Å²) in [6.45, 7) is 11.1. The predicted octanol–water partition coefficient (Wildman–Crippen LogP) is 4.51. The molecule has 110 valence electrons. The molecule has 0 amide bonds. The van der Waals surface area contributed by atoms with Gasteiger partial charge in [-0.2, -0.15) is 0 Å². The van der Waals surface area contributed by atoms with Crippen molar-refractivity contribution in [3.05, 3.63) is 34.9 Å². The van der Waals surface area contributed by atoms with E-state index in [4.69, 9.17) is 5.11 Å². The standard InChI is InChI=1S/C18H26O2/c1-11-6-7-14(18(3,4)5)10-15(11)12(2)8-13-9-16(13)17(19)20/h6-7,10,12-13,16H,8-9H2,1-5H3,(H,19,20). The molecule has 1 N–H and O–H groups in total. The van der Waals surface area contributed by atoms with Crippen LogP contribution >= 0.6 is 0 Å². The number of carboxylic acids is 1. The van der Waals surface area contributed by atoms with E-state index in [1.807, 2.05) is 0 Å². The first-order valence-electron chi connectivity index (χ1n) is 7.54. The molecule has 20 heavy (non-hydrogen) atoms. The molecule has 0 bridgehead atoms. The minimum absolute atomic E-state index is 0.0939. The van der Waals surface area contributed by atoms with Crippen LogP contribution in [0.1, 0.15) is 63.1 Å². The van der Waals surface area contributed by atoms with Crippen LogP contribution in [0.2, 0.25) is 0 Å². The summed E-state index contributed by atoms with van der Waals surface area (Å²) in [5, 5.41) is 9.01.